The zero-order chi connectivity index (χ0) is 17.7. The van der Waals surface area contributed by atoms with Crippen molar-refractivity contribution >= 4 is 23.3 Å². The third kappa shape index (κ3) is 3.64. The number of methoxy groups -OCH3 is 1. The Balaban J connectivity index is 2.21. The van der Waals surface area contributed by atoms with Gasteiger partial charge in [0.15, 0.2) is 0 Å². The number of amides is 1. The largest absolute Gasteiger partial charge is 0.467 e. The molecule has 0 unspecified atom stereocenters. The molecule has 0 radical (unpaired) electrons. The summed E-state index contributed by atoms with van der Waals surface area (Å²) < 4.78 is 4.72. The van der Waals surface area contributed by atoms with Gasteiger partial charge in [-0.3, -0.25) is 4.79 Å². The predicted molar refractivity (Wildman–Crippen MR) is 88.8 cm³/mol. The number of H-pyrrole nitrogens is 1. The van der Waals surface area contributed by atoms with Gasteiger partial charge in [-0.15, -0.1) is 6.42 Å². The fourth-order valence-corrected chi connectivity index (χ4v) is 2.18. The molecule has 1 atom stereocenters. The highest BCUT2D eigenvalue weighted by Gasteiger charge is 2.23. The number of hydrogen-bond donors (Lipinski definition) is 4. The van der Waals surface area contributed by atoms with Crippen LogP contribution in [0.5, 0.6) is 0 Å². The Hall–Kier alpha value is -3.47. The van der Waals surface area contributed by atoms with E-state index in [0.29, 0.717) is 11.3 Å². The van der Waals surface area contributed by atoms with Gasteiger partial charge < -0.3 is 26.5 Å². The highest BCUT2D eigenvalue weighted by Crippen LogP contribution is 2.21. The highest BCUT2D eigenvalue weighted by molar-refractivity contribution is 5.99. The number of aromatic amines is 1. The normalized spacial score (nSPS) is 11.3. The number of hydrogen-bond acceptors (Lipinski definition) is 6. The molecule has 0 spiro atoms. The van der Waals surface area contributed by atoms with Crippen LogP contribution in [-0.4, -0.2) is 35.0 Å². The Kier molecular flexibility index (Phi) is 5.06. The number of terminal acetylenes is 1. The fraction of sp³-hybridized carbons (Fsp3) is 0.188. The maximum absolute atomic E-state index is 12.4. The summed E-state index contributed by atoms with van der Waals surface area (Å²) >= 11 is 0. The third-order valence-corrected chi connectivity index (χ3v) is 3.38. The molecule has 0 saturated carbocycles. The van der Waals surface area contributed by atoms with Crippen molar-refractivity contribution in [2.45, 2.75) is 12.5 Å². The molecule has 1 aromatic heterocycles. The van der Waals surface area contributed by atoms with Gasteiger partial charge in [0.2, 0.25) is 0 Å². The molecule has 0 aliphatic rings. The average molecular weight is 327 g/mol. The number of nitrogens with zero attached hydrogens (tertiary/aromatic N) is 1. The van der Waals surface area contributed by atoms with Crippen molar-refractivity contribution in [2.75, 3.05) is 18.6 Å². The Morgan fingerprint density at radius 2 is 2.08 bits per heavy atom. The van der Waals surface area contributed by atoms with E-state index in [-0.39, 0.29) is 23.4 Å². The van der Waals surface area contributed by atoms with Gasteiger partial charge in [0.1, 0.15) is 6.04 Å². The lowest BCUT2D eigenvalue weighted by Crippen LogP contribution is -2.43. The van der Waals surface area contributed by atoms with Crippen LogP contribution in [0.15, 0.2) is 24.7 Å². The first-order valence-corrected chi connectivity index (χ1v) is 6.97. The van der Waals surface area contributed by atoms with Gasteiger partial charge >= 0.3 is 5.97 Å². The van der Waals surface area contributed by atoms with Crippen LogP contribution in [0.2, 0.25) is 0 Å². The van der Waals surface area contributed by atoms with Gasteiger partial charge in [-0.2, -0.15) is 0 Å². The summed E-state index contributed by atoms with van der Waals surface area (Å²) in [6, 6.07) is 1.93. The first-order chi connectivity index (χ1) is 11.5. The lowest BCUT2D eigenvalue weighted by Gasteiger charge is -2.16. The van der Waals surface area contributed by atoms with E-state index in [2.05, 4.69) is 21.2 Å². The minimum absolute atomic E-state index is 0.197. The van der Waals surface area contributed by atoms with E-state index in [9.17, 15) is 9.59 Å². The molecule has 24 heavy (non-hydrogen) atoms. The minimum atomic E-state index is -0.891. The van der Waals surface area contributed by atoms with Gasteiger partial charge in [0, 0.05) is 23.9 Å². The number of nitrogen functional groups attached to an aromatic ring is 2. The number of carbonyl (C=O) groups excluding carboxylic acids is 2. The van der Waals surface area contributed by atoms with Crippen LogP contribution in [0.1, 0.15) is 21.6 Å². The summed E-state index contributed by atoms with van der Waals surface area (Å²) in [6.45, 7) is 0. The highest BCUT2D eigenvalue weighted by atomic mass is 16.5. The molecule has 8 heteroatoms. The standard InChI is InChI=1S/C16H17N5O3/c1-3-11-12(17)4-9(5-13(11)18)15(22)21-14(16(23)24-2)6-10-7-19-8-20-10/h1,4-5,7-8,14H,6,17-18H2,2H3,(H,19,20)(H,21,22)/t14-/m1/s1. The van der Waals surface area contributed by atoms with Crippen LogP contribution in [0, 0.1) is 12.3 Å². The molecular weight excluding hydrogens is 310 g/mol. The smallest absolute Gasteiger partial charge is 0.328 e. The van der Waals surface area contributed by atoms with Crippen molar-refractivity contribution in [3.05, 3.63) is 41.5 Å². The zero-order valence-electron chi connectivity index (χ0n) is 13.0. The number of carbonyl (C=O) groups is 2. The van der Waals surface area contributed by atoms with Crippen LogP contribution in [0.3, 0.4) is 0 Å². The Bertz CT molecular complexity index is 770. The number of nitrogens with two attached hydrogens (primary N) is 2. The zero-order valence-corrected chi connectivity index (χ0v) is 13.0. The van der Waals surface area contributed by atoms with E-state index in [0.717, 1.165) is 0 Å². The van der Waals surface area contributed by atoms with Crippen molar-refractivity contribution in [2.24, 2.45) is 0 Å². The first kappa shape index (κ1) is 16.9. The van der Waals surface area contributed by atoms with Crippen molar-refractivity contribution < 1.29 is 14.3 Å². The van der Waals surface area contributed by atoms with E-state index in [4.69, 9.17) is 22.6 Å². The molecule has 0 aliphatic carbocycles. The maximum atomic E-state index is 12.4. The summed E-state index contributed by atoms with van der Waals surface area (Å²) in [5.74, 6) is 1.26. The number of imidazole rings is 1. The van der Waals surface area contributed by atoms with Crippen molar-refractivity contribution in [1.29, 1.82) is 0 Å². The minimum Gasteiger partial charge on any atom is -0.467 e. The number of nitrogens with one attached hydrogen (secondary N) is 2. The summed E-state index contributed by atoms with van der Waals surface area (Å²) in [7, 11) is 1.24. The van der Waals surface area contributed by atoms with Crippen molar-refractivity contribution in [1.82, 2.24) is 15.3 Å². The van der Waals surface area contributed by atoms with Crippen LogP contribution < -0.4 is 16.8 Å². The molecule has 1 heterocycles. The number of benzene rings is 1. The van der Waals surface area contributed by atoms with Crippen LogP contribution >= 0.6 is 0 Å². The maximum Gasteiger partial charge on any atom is 0.328 e. The quantitative estimate of drug-likeness (QED) is 0.348. The first-order valence-electron chi connectivity index (χ1n) is 6.97. The molecule has 2 rings (SSSR count). The van der Waals surface area contributed by atoms with Crippen LogP contribution in [-0.2, 0) is 16.0 Å². The summed E-state index contributed by atoms with van der Waals surface area (Å²) in [5, 5.41) is 2.59. The molecule has 0 aliphatic heterocycles. The summed E-state index contributed by atoms with van der Waals surface area (Å²) in [4.78, 5) is 31.0. The van der Waals surface area contributed by atoms with Gasteiger partial charge in [-0.05, 0) is 12.1 Å². The fourth-order valence-electron chi connectivity index (χ4n) is 2.18. The van der Waals surface area contributed by atoms with Crippen molar-refractivity contribution in [3.8, 4) is 12.3 Å². The molecule has 124 valence electrons. The Labute approximate surface area is 138 Å². The average Bonchev–Trinajstić information content (AvgIpc) is 3.06. The molecule has 0 bridgehead atoms. The second-order valence-electron chi connectivity index (χ2n) is 5.00. The molecule has 2 aromatic rings. The van der Waals surface area contributed by atoms with E-state index < -0.39 is 17.9 Å². The van der Waals surface area contributed by atoms with Gasteiger partial charge in [0.05, 0.1) is 30.4 Å². The predicted octanol–water partition coefficient (Wildman–Crippen LogP) is 0.0695. The number of rotatable bonds is 5. The molecule has 0 saturated heterocycles. The lowest BCUT2D eigenvalue weighted by atomic mass is 10.1. The summed E-state index contributed by atoms with van der Waals surface area (Å²) in [6.07, 6.45) is 8.54. The van der Waals surface area contributed by atoms with Gasteiger partial charge in [0.25, 0.3) is 5.91 Å². The van der Waals surface area contributed by atoms with Crippen LogP contribution in [0.25, 0.3) is 0 Å². The SMILES string of the molecule is C#Cc1c(N)cc(C(=O)N[C@H](Cc2cnc[nH]2)C(=O)OC)cc1N. The monoisotopic (exact) mass is 327 g/mol. The summed E-state index contributed by atoms with van der Waals surface area (Å²) in [5.41, 5.74) is 13.2. The van der Waals surface area contributed by atoms with E-state index in [1.807, 2.05) is 0 Å². The molecule has 6 N–H and O–H groups in total. The number of anilines is 2. The molecule has 1 amide bonds. The van der Waals surface area contributed by atoms with Gasteiger partial charge in [-0.25, -0.2) is 9.78 Å². The number of ether oxygens (including phenoxy) is 1. The third-order valence-electron chi connectivity index (χ3n) is 3.38. The van der Waals surface area contributed by atoms with E-state index in [1.165, 1.54) is 25.6 Å². The van der Waals surface area contributed by atoms with E-state index in [1.54, 1.807) is 6.20 Å². The second kappa shape index (κ2) is 7.19. The molecule has 0 fully saturated rings. The van der Waals surface area contributed by atoms with E-state index >= 15 is 0 Å². The number of esters is 1. The van der Waals surface area contributed by atoms with Gasteiger partial charge in [-0.1, -0.05) is 5.92 Å². The van der Waals surface area contributed by atoms with Crippen LogP contribution in [0.4, 0.5) is 11.4 Å². The molecular formula is C16H17N5O3. The van der Waals surface area contributed by atoms with Crippen molar-refractivity contribution in [3.63, 3.8) is 0 Å². The lowest BCUT2D eigenvalue weighted by molar-refractivity contribution is -0.142. The number of aromatic nitrogens is 2. The Morgan fingerprint density at radius 3 is 2.58 bits per heavy atom. The molecule has 8 nitrogen and oxygen atoms in total. The second-order valence-corrected chi connectivity index (χ2v) is 5.00. The molecule has 1 aromatic carbocycles. The Morgan fingerprint density at radius 1 is 1.42 bits per heavy atom. The topological polar surface area (TPSA) is 136 Å².